The first-order valence-corrected chi connectivity index (χ1v) is 7.75. The first kappa shape index (κ1) is 13.7. The fourth-order valence-corrected chi connectivity index (χ4v) is 3.27. The first-order valence-electron chi connectivity index (χ1n) is 7.75. The fraction of sp³-hybridized carbons (Fsp3) is 0.933. The van der Waals surface area contributed by atoms with Gasteiger partial charge in [-0.15, -0.1) is 0 Å². The maximum atomic E-state index is 6.18. The predicted octanol–water partition coefficient (Wildman–Crippen LogP) is 3.00. The Hall–Kier alpha value is -0.730. The van der Waals surface area contributed by atoms with Gasteiger partial charge in [0, 0.05) is 13.1 Å². The van der Waals surface area contributed by atoms with E-state index >= 15 is 0 Å². The minimum Gasteiger partial charge on any atom is -0.370 e. The zero-order valence-corrected chi connectivity index (χ0v) is 12.1. The number of rotatable bonds is 2. The molecule has 1 aliphatic carbocycles. The summed E-state index contributed by atoms with van der Waals surface area (Å²) in [7, 11) is 0. The summed E-state index contributed by atoms with van der Waals surface area (Å²) in [4.78, 5) is 7.05. The van der Waals surface area contributed by atoms with Crippen LogP contribution in [0.4, 0.5) is 0 Å². The highest BCUT2D eigenvalue weighted by atomic mass is 15.3. The molecular formula is C15H29N3. The molecule has 0 radical (unpaired) electrons. The second-order valence-corrected chi connectivity index (χ2v) is 6.35. The monoisotopic (exact) mass is 251 g/mol. The molecule has 0 amide bonds. The van der Waals surface area contributed by atoms with Crippen molar-refractivity contribution in [2.75, 3.05) is 13.1 Å². The lowest BCUT2D eigenvalue weighted by Gasteiger charge is -2.35. The third kappa shape index (κ3) is 3.63. The van der Waals surface area contributed by atoms with Crippen molar-refractivity contribution < 1.29 is 0 Å². The van der Waals surface area contributed by atoms with Crippen LogP contribution in [-0.4, -0.2) is 30.0 Å². The van der Waals surface area contributed by atoms with Gasteiger partial charge in [0.05, 0.1) is 6.04 Å². The molecule has 1 saturated heterocycles. The van der Waals surface area contributed by atoms with Gasteiger partial charge in [-0.2, -0.15) is 0 Å². The number of hydrogen-bond donors (Lipinski definition) is 1. The summed E-state index contributed by atoms with van der Waals surface area (Å²) in [5.41, 5.74) is 6.18. The zero-order valence-electron chi connectivity index (χ0n) is 12.1. The molecule has 18 heavy (non-hydrogen) atoms. The van der Waals surface area contributed by atoms with Crippen LogP contribution >= 0.6 is 0 Å². The highest BCUT2D eigenvalue weighted by Gasteiger charge is 2.23. The Bertz CT molecular complexity index is 271. The Balaban J connectivity index is 1.82. The van der Waals surface area contributed by atoms with Gasteiger partial charge in [-0.3, -0.25) is 0 Å². The maximum absolute atomic E-state index is 6.18. The lowest BCUT2D eigenvalue weighted by Crippen LogP contribution is -2.44. The summed E-state index contributed by atoms with van der Waals surface area (Å²) in [6, 6.07) is 0.501. The van der Waals surface area contributed by atoms with E-state index in [-0.39, 0.29) is 0 Å². The number of aliphatic imine (C=N–C) groups is 1. The topological polar surface area (TPSA) is 41.6 Å². The number of nitrogens with zero attached hydrogens (tertiary/aromatic N) is 2. The molecule has 2 N–H and O–H groups in total. The molecule has 0 bridgehead atoms. The molecular weight excluding hydrogens is 222 g/mol. The van der Waals surface area contributed by atoms with Gasteiger partial charge in [0.25, 0.3) is 0 Å². The average molecular weight is 251 g/mol. The molecule has 0 unspecified atom stereocenters. The Morgan fingerprint density at radius 2 is 1.67 bits per heavy atom. The SMILES string of the molecule is CC(C)C1CCN(C(N)=NC2CCCCC2)CC1. The maximum Gasteiger partial charge on any atom is 0.191 e. The van der Waals surface area contributed by atoms with Gasteiger partial charge in [-0.1, -0.05) is 33.1 Å². The summed E-state index contributed by atoms with van der Waals surface area (Å²) in [6.07, 6.45) is 9.07. The van der Waals surface area contributed by atoms with Crippen LogP contribution in [0.15, 0.2) is 4.99 Å². The molecule has 0 aromatic rings. The van der Waals surface area contributed by atoms with Crippen molar-refractivity contribution in [3.63, 3.8) is 0 Å². The molecule has 1 aliphatic heterocycles. The van der Waals surface area contributed by atoms with Crippen LogP contribution in [0.1, 0.15) is 58.8 Å². The summed E-state index contributed by atoms with van der Waals surface area (Å²) in [5.74, 6) is 2.50. The van der Waals surface area contributed by atoms with Crippen LogP contribution in [0.3, 0.4) is 0 Å². The third-order valence-electron chi connectivity index (χ3n) is 4.70. The average Bonchev–Trinajstić information content (AvgIpc) is 2.40. The third-order valence-corrected chi connectivity index (χ3v) is 4.70. The van der Waals surface area contributed by atoms with Gasteiger partial charge in [0.15, 0.2) is 5.96 Å². The molecule has 2 aliphatic rings. The molecule has 0 spiro atoms. The highest BCUT2D eigenvalue weighted by molar-refractivity contribution is 5.78. The van der Waals surface area contributed by atoms with Crippen molar-refractivity contribution in [3.8, 4) is 0 Å². The van der Waals surface area contributed by atoms with E-state index in [0.29, 0.717) is 6.04 Å². The Morgan fingerprint density at radius 1 is 1.06 bits per heavy atom. The molecule has 2 rings (SSSR count). The van der Waals surface area contributed by atoms with Crippen LogP contribution in [0.25, 0.3) is 0 Å². The van der Waals surface area contributed by atoms with E-state index in [1.54, 1.807) is 0 Å². The molecule has 1 saturated carbocycles. The number of likely N-dealkylation sites (tertiary alicyclic amines) is 1. The standard InChI is InChI=1S/C15H29N3/c1-12(2)13-8-10-18(11-9-13)15(16)17-14-6-4-3-5-7-14/h12-14H,3-11H2,1-2H3,(H2,16,17). The van der Waals surface area contributed by atoms with Crippen LogP contribution in [-0.2, 0) is 0 Å². The number of piperidine rings is 1. The minimum absolute atomic E-state index is 0.501. The van der Waals surface area contributed by atoms with Crippen LogP contribution < -0.4 is 5.73 Å². The number of nitrogens with two attached hydrogens (primary N) is 1. The Morgan fingerprint density at radius 3 is 2.22 bits per heavy atom. The fourth-order valence-electron chi connectivity index (χ4n) is 3.27. The second kappa shape index (κ2) is 6.44. The lowest BCUT2D eigenvalue weighted by atomic mass is 9.87. The molecule has 0 atom stereocenters. The molecule has 3 heteroatoms. The summed E-state index contributed by atoms with van der Waals surface area (Å²) in [5, 5.41) is 0. The largest absolute Gasteiger partial charge is 0.370 e. The van der Waals surface area contributed by atoms with Gasteiger partial charge in [0.2, 0.25) is 0 Å². The highest BCUT2D eigenvalue weighted by Crippen LogP contribution is 2.25. The van der Waals surface area contributed by atoms with Crippen molar-refractivity contribution in [1.82, 2.24) is 4.90 Å². The van der Waals surface area contributed by atoms with Crippen molar-refractivity contribution in [1.29, 1.82) is 0 Å². The van der Waals surface area contributed by atoms with Gasteiger partial charge < -0.3 is 10.6 Å². The van der Waals surface area contributed by atoms with Crippen molar-refractivity contribution in [2.45, 2.75) is 64.8 Å². The number of hydrogen-bond acceptors (Lipinski definition) is 1. The summed E-state index contributed by atoms with van der Waals surface area (Å²) < 4.78 is 0. The van der Waals surface area contributed by atoms with E-state index in [1.807, 2.05) is 0 Å². The smallest absolute Gasteiger partial charge is 0.191 e. The zero-order chi connectivity index (χ0) is 13.0. The van der Waals surface area contributed by atoms with Crippen LogP contribution in [0.2, 0.25) is 0 Å². The van der Waals surface area contributed by atoms with Crippen LogP contribution in [0.5, 0.6) is 0 Å². The Labute approximate surface area is 112 Å². The molecule has 1 heterocycles. The van der Waals surface area contributed by atoms with Crippen LogP contribution in [0, 0.1) is 11.8 Å². The number of guanidine groups is 1. The predicted molar refractivity (Wildman–Crippen MR) is 77.6 cm³/mol. The summed E-state index contributed by atoms with van der Waals surface area (Å²) >= 11 is 0. The van der Waals surface area contributed by atoms with E-state index in [4.69, 9.17) is 10.7 Å². The molecule has 104 valence electrons. The van der Waals surface area contributed by atoms with Crippen molar-refractivity contribution in [3.05, 3.63) is 0 Å². The van der Waals surface area contributed by atoms with Gasteiger partial charge in [0.1, 0.15) is 0 Å². The second-order valence-electron chi connectivity index (χ2n) is 6.35. The quantitative estimate of drug-likeness (QED) is 0.605. The van der Waals surface area contributed by atoms with E-state index in [1.165, 1.54) is 44.9 Å². The molecule has 3 nitrogen and oxygen atoms in total. The van der Waals surface area contributed by atoms with E-state index < -0.39 is 0 Å². The minimum atomic E-state index is 0.501. The van der Waals surface area contributed by atoms with E-state index in [2.05, 4.69) is 18.7 Å². The van der Waals surface area contributed by atoms with E-state index in [0.717, 1.165) is 30.9 Å². The van der Waals surface area contributed by atoms with Gasteiger partial charge in [-0.05, 0) is 37.5 Å². The van der Waals surface area contributed by atoms with Crippen molar-refractivity contribution >= 4 is 5.96 Å². The summed E-state index contributed by atoms with van der Waals surface area (Å²) in [6.45, 7) is 6.87. The van der Waals surface area contributed by atoms with Gasteiger partial charge in [-0.25, -0.2) is 4.99 Å². The van der Waals surface area contributed by atoms with Gasteiger partial charge >= 0.3 is 0 Å². The normalized spacial score (nSPS) is 24.8. The molecule has 0 aromatic carbocycles. The first-order chi connectivity index (χ1) is 8.66. The molecule has 0 aromatic heterocycles. The lowest BCUT2D eigenvalue weighted by molar-refractivity contribution is 0.217. The molecule has 2 fully saturated rings. The van der Waals surface area contributed by atoms with Crippen molar-refractivity contribution in [2.24, 2.45) is 22.6 Å². The Kier molecular flexibility index (Phi) is 4.90. The van der Waals surface area contributed by atoms with E-state index in [9.17, 15) is 0 Å².